The van der Waals surface area contributed by atoms with Crippen LogP contribution in [0.5, 0.6) is 0 Å². The zero-order valence-corrected chi connectivity index (χ0v) is 12.0. The first-order chi connectivity index (χ1) is 7.66. The molecule has 0 aliphatic carbocycles. The molecule has 5 nitrogen and oxygen atoms in total. The Bertz CT molecular complexity index is 331. The molecule has 0 aliphatic heterocycles. The van der Waals surface area contributed by atoms with E-state index in [9.17, 15) is 13.2 Å². The Balaban J connectivity index is 4.00. The monoisotopic (exact) mass is 264 g/mol. The molecule has 0 radical (unpaired) electrons. The van der Waals surface area contributed by atoms with Gasteiger partial charge in [-0.05, 0) is 27.2 Å². The van der Waals surface area contributed by atoms with E-state index in [4.69, 9.17) is 0 Å². The van der Waals surface area contributed by atoms with Crippen molar-refractivity contribution in [3.63, 3.8) is 0 Å². The Kier molecular flexibility index (Phi) is 6.70. The van der Waals surface area contributed by atoms with E-state index in [1.807, 2.05) is 27.7 Å². The van der Waals surface area contributed by atoms with Gasteiger partial charge in [-0.3, -0.25) is 4.79 Å². The molecular formula is C11H24N2O3S. The van der Waals surface area contributed by atoms with Crippen molar-refractivity contribution in [3.8, 4) is 0 Å². The van der Waals surface area contributed by atoms with E-state index in [1.165, 1.54) is 0 Å². The standard InChI is InChI=1S/C11H24N2O3S/c1-5-6-12-10(14)9-17(15,16)8-7-13-11(2,3)4/h13H,5-9H2,1-4H3,(H,12,14). The molecule has 1 amide bonds. The molecule has 0 aromatic carbocycles. The molecule has 0 spiro atoms. The number of carbonyl (C=O) groups is 1. The molecule has 0 atom stereocenters. The Morgan fingerprint density at radius 1 is 1.18 bits per heavy atom. The molecule has 0 saturated heterocycles. The minimum atomic E-state index is -3.31. The molecule has 0 fully saturated rings. The van der Waals surface area contributed by atoms with E-state index < -0.39 is 21.5 Å². The van der Waals surface area contributed by atoms with E-state index in [0.29, 0.717) is 13.1 Å². The highest BCUT2D eigenvalue weighted by molar-refractivity contribution is 7.92. The van der Waals surface area contributed by atoms with Crippen molar-refractivity contribution in [2.75, 3.05) is 24.6 Å². The highest BCUT2D eigenvalue weighted by atomic mass is 32.2. The maximum atomic E-state index is 11.6. The van der Waals surface area contributed by atoms with Crippen LogP contribution < -0.4 is 10.6 Å². The van der Waals surface area contributed by atoms with Crippen LogP contribution >= 0.6 is 0 Å². The molecule has 0 aliphatic rings. The van der Waals surface area contributed by atoms with Crippen molar-refractivity contribution in [1.29, 1.82) is 0 Å². The summed E-state index contributed by atoms with van der Waals surface area (Å²) in [5.41, 5.74) is -0.111. The van der Waals surface area contributed by atoms with Crippen LogP contribution in [0.25, 0.3) is 0 Å². The third kappa shape index (κ3) is 10.3. The van der Waals surface area contributed by atoms with Gasteiger partial charge in [0.2, 0.25) is 5.91 Å². The third-order valence-corrected chi connectivity index (χ3v) is 3.52. The molecule has 0 unspecified atom stereocenters. The van der Waals surface area contributed by atoms with Crippen LogP contribution in [0.4, 0.5) is 0 Å². The Morgan fingerprint density at radius 2 is 1.76 bits per heavy atom. The predicted octanol–water partition coefficient (Wildman–Crippen LogP) is 0.316. The molecule has 0 bridgehead atoms. The van der Waals surface area contributed by atoms with Crippen molar-refractivity contribution < 1.29 is 13.2 Å². The number of hydrogen-bond donors (Lipinski definition) is 2. The Hall–Kier alpha value is -0.620. The molecular weight excluding hydrogens is 240 g/mol. The van der Waals surface area contributed by atoms with E-state index in [2.05, 4.69) is 10.6 Å². The summed E-state index contributed by atoms with van der Waals surface area (Å²) in [6.07, 6.45) is 0.803. The second-order valence-electron chi connectivity index (χ2n) is 5.12. The van der Waals surface area contributed by atoms with Crippen molar-refractivity contribution >= 4 is 15.7 Å². The lowest BCUT2D eigenvalue weighted by molar-refractivity contribution is -0.118. The van der Waals surface area contributed by atoms with Crippen LogP contribution in [0, 0.1) is 0 Å². The third-order valence-electron chi connectivity index (χ3n) is 1.99. The number of hydrogen-bond acceptors (Lipinski definition) is 4. The van der Waals surface area contributed by atoms with Crippen LogP contribution in [0.1, 0.15) is 34.1 Å². The van der Waals surface area contributed by atoms with Gasteiger partial charge in [-0.1, -0.05) is 6.92 Å². The minimum Gasteiger partial charge on any atom is -0.355 e. The van der Waals surface area contributed by atoms with Gasteiger partial charge >= 0.3 is 0 Å². The lowest BCUT2D eigenvalue weighted by atomic mass is 10.1. The summed E-state index contributed by atoms with van der Waals surface area (Å²) in [4.78, 5) is 11.3. The number of sulfone groups is 1. The molecule has 17 heavy (non-hydrogen) atoms. The van der Waals surface area contributed by atoms with E-state index >= 15 is 0 Å². The average Bonchev–Trinajstić information content (AvgIpc) is 2.11. The number of rotatable bonds is 7. The van der Waals surface area contributed by atoms with E-state index in [-0.39, 0.29) is 11.3 Å². The Labute approximate surface area is 104 Å². The van der Waals surface area contributed by atoms with Crippen LogP contribution in [0.2, 0.25) is 0 Å². The predicted molar refractivity (Wildman–Crippen MR) is 69.7 cm³/mol. The lowest BCUT2D eigenvalue weighted by Crippen LogP contribution is -2.40. The first-order valence-electron chi connectivity index (χ1n) is 5.88. The highest BCUT2D eigenvalue weighted by Crippen LogP contribution is 1.98. The molecule has 0 rings (SSSR count). The van der Waals surface area contributed by atoms with Crippen molar-refractivity contribution in [2.45, 2.75) is 39.7 Å². The number of nitrogens with one attached hydrogen (secondary N) is 2. The largest absolute Gasteiger partial charge is 0.355 e. The molecule has 2 N–H and O–H groups in total. The van der Waals surface area contributed by atoms with Crippen molar-refractivity contribution in [1.82, 2.24) is 10.6 Å². The summed E-state index contributed by atoms with van der Waals surface area (Å²) >= 11 is 0. The summed E-state index contributed by atoms with van der Waals surface area (Å²) in [6, 6.07) is 0. The van der Waals surface area contributed by atoms with Crippen molar-refractivity contribution in [3.05, 3.63) is 0 Å². The normalized spacial score (nSPS) is 12.5. The number of amides is 1. The molecule has 0 heterocycles. The van der Waals surface area contributed by atoms with Gasteiger partial charge in [0.05, 0.1) is 5.75 Å². The van der Waals surface area contributed by atoms with Gasteiger partial charge in [0, 0.05) is 18.6 Å². The minimum absolute atomic E-state index is 0.0101. The van der Waals surface area contributed by atoms with E-state index in [1.54, 1.807) is 0 Å². The van der Waals surface area contributed by atoms with Gasteiger partial charge in [0.15, 0.2) is 9.84 Å². The fourth-order valence-corrected chi connectivity index (χ4v) is 2.23. The van der Waals surface area contributed by atoms with Crippen LogP contribution in [0.3, 0.4) is 0 Å². The smallest absolute Gasteiger partial charge is 0.235 e. The summed E-state index contributed by atoms with van der Waals surface area (Å²) < 4.78 is 23.2. The molecule has 0 saturated carbocycles. The van der Waals surface area contributed by atoms with Gasteiger partial charge < -0.3 is 10.6 Å². The quantitative estimate of drug-likeness (QED) is 0.694. The molecule has 102 valence electrons. The second-order valence-corrected chi connectivity index (χ2v) is 7.30. The van der Waals surface area contributed by atoms with E-state index in [0.717, 1.165) is 6.42 Å². The first kappa shape index (κ1) is 16.4. The summed E-state index contributed by atoms with van der Waals surface area (Å²) in [5, 5.41) is 5.64. The first-order valence-corrected chi connectivity index (χ1v) is 7.70. The van der Waals surface area contributed by atoms with Gasteiger partial charge in [0.1, 0.15) is 5.75 Å². The fourth-order valence-electron chi connectivity index (χ4n) is 1.17. The lowest BCUT2D eigenvalue weighted by Gasteiger charge is -2.20. The summed E-state index contributed by atoms with van der Waals surface area (Å²) in [5.74, 6) is -0.842. The average molecular weight is 264 g/mol. The maximum Gasteiger partial charge on any atom is 0.235 e. The topological polar surface area (TPSA) is 75.3 Å². The highest BCUT2D eigenvalue weighted by Gasteiger charge is 2.17. The van der Waals surface area contributed by atoms with Gasteiger partial charge in [-0.15, -0.1) is 0 Å². The fraction of sp³-hybridized carbons (Fsp3) is 0.909. The second kappa shape index (κ2) is 6.96. The molecule has 0 aromatic rings. The molecule has 6 heteroatoms. The van der Waals surface area contributed by atoms with Crippen LogP contribution in [-0.2, 0) is 14.6 Å². The Morgan fingerprint density at radius 3 is 2.24 bits per heavy atom. The molecule has 0 aromatic heterocycles. The van der Waals surface area contributed by atoms with Gasteiger partial charge in [0.25, 0.3) is 0 Å². The van der Waals surface area contributed by atoms with Gasteiger partial charge in [-0.2, -0.15) is 0 Å². The SMILES string of the molecule is CCCNC(=O)CS(=O)(=O)CCNC(C)(C)C. The zero-order valence-electron chi connectivity index (χ0n) is 11.2. The maximum absolute atomic E-state index is 11.6. The number of carbonyl (C=O) groups excluding carboxylic acids is 1. The van der Waals surface area contributed by atoms with Crippen LogP contribution in [-0.4, -0.2) is 44.5 Å². The van der Waals surface area contributed by atoms with Crippen molar-refractivity contribution in [2.24, 2.45) is 0 Å². The summed E-state index contributed by atoms with van der Waals surface area (Å²) in [7, 11) is -3.31. The van der Waals surface area contributed by atoms with Gasteiger partial charge in [-0.25, -0.2) is 8.42 Å². The van der Waals surface area contributed by atoms with Crippen LogP contribution in [0.15, 0.2) is 0 Å². The zero-order chi connectivity index (χ0) is 13.5. The summed E-state index contributed by atoms with van der Waals surface area (Å²) in [6.45, 7) is 8.71.